The predicted molar refractivity (Wildman–Crippen MR) is 62.6 cm³/mol. The van der Waals surface area contributed by atoms with Gasteiger partial charge in [-0.3, -0.25) is 0 Å². The smallest absolute Gasteiger partial charge is 0.317 e. The lowest BCUT2D eigenvalue weighted by atomic mass is 10.1. The van der Waals surface area contributed by atoms with E-state index in [-0.39, 0.29) is 0 Å². The number of phenols is 1. The fourth-order valence-corrected chi connectivity index (χ4v) is 0.839. The Kier molecular flexibility index (Phi) is 6.40. The SMILES string of the molecule is C=CCc1ccccc1O.O=S(=O)(Cl)Cl. The van der Waals surface area contributed by atoms with Crippen molar-refractivity contribution >= 4 is 29.6 Å². The zero-order valence-electron chi connectivity index (χ0n) is 7.73. The largest absolute Gasteiger partial charge is 0.508 e. The molecule has 6 heteroatoms. The topological polar surface area (TPSA) is 54.4 Å². The van der Waals surface area contributed by atoms with Gasteiger partial charge in [0.1, 0.15) is 5.75 Å². The lowest BCUT2D eigenvalue weighted by Gasteiger charge is -1.97. The molecule has 0 radical (unpaired) electrons. The molecule has 1 aromatic rings. The molecule has 0 atom stereocenters. The zero-order valence-corrected chi connectivity index (χ0v) is 10.1. The number of hydrogen-bond donors (Lipinski definition) is 1. The lowest BCUT2D eigenvalue weighted by molar-refractivity contribution is 0.470. The molecule has 0 aromatic heterocycles. The number of para-hydroxylation sites is 1. The van der Waals surface area contributed by atoms with Gasteiger partial charge >= 0.3 is 8.26 Å². The van der Waals surface area contributed by atoms with Gasteiger partial charge in [0.2, 0.25) is 0 Å². The van der Waals surface area contributed by atoms with E-state index < -0.39 is 8.26 Å². The Bertz CT molecular complexity index is 407. The highest BCUT2D eigenvalue weighted by atomic mass is 36.0. The molecule has 0 unspecified atom stereocenters. The molecular weight excluding hydrogens is 259 g/mol. The first kappa shape index (κ1) is 14.3. The van der Waals surface area contributed by atoms with Crippen molar-refractivity contribution in [2.24, 2.45) is 0 Å². The minimum absolute atomic E-state index is 0.349. The Balaban J connectivity index is 0.000000336. The van der Waals surface area contributed by atoms with Crippen LogP contribution in [0.15, 0.2) is 36.9 Å². The molecule has 3 nitrogen and oxygen atoms in total. The summed E-state index contributed by atoms with van der Waals surface area (Å²) in [6, 6.07) is 7.27. The number of hydrogen-bond acceptors (Lipinski definition) is 3. The highest BCUT2D eigenvalue weighted by Gasteiger charge is 1.93. The summed E-state index contributed by atoms with van der Waals surface area (Å²) in [5.41, 5.74) is 0.928. The molecule has 0 saturated carbocycles. The summed E-state index contributed by atoms with van der Waals surface area (Å²) in [4.78, 5) is 0. The third-order valence-electron chi connectivity index (χ3n) is 1.36. The van der Waals surface area contributed by atoms with Crippen LogP contribution in [0.2, 0.25) is 0 Å². The van der Waals surface area contributed by atoms with E-state index in [9.17, 15) is 5.11 Å². The third-order valence-corrected chi connectivity index (χ3v) is 1.36. The van der Waals surface area contributed by atoms with E-state index in [1.807, 2.05) is 18.2 Å². The number of aromatic hydroxyl groups is 1. The standard InChI is InChI=1S/C9H10O.Cl2O2S/c1-2-5-8-6-3-4-7-9(8)10;1-5(2,3)4/h2-4,6-7,10H,1,5H2;. The molecule has 0 bridgehead atoms. The number of allylic oxidation sites excluding steroid dienone is 1. The first-order valence-electron chi connectivity index (χ1n) is 3.86. The molecule has 0 aliphatic rings. The van der Waals surface area contributed by atoms with Gasteiger partial charge in [0.15, 0.2) is 0 Å². The summed E-state index contributed by atoms with van der Waals surface area (Å²) in [7, 11) is 4.81. The monoisotopic (exact) mass is 268 g/mol. The highest BCUT2D eigenvalue weighted by molar-refractivity contribution is 8.31. The summed E-state index contributed by atoms with van der Waals surface area (Å²) in [5, 5.41) is 9.19. The average molecular weight is 269 g/mol. The molecule has 1 N–H and O–H groups in total. The van der Waals surface area contributed by atoms with Crippen molar-refractivity contribution < 1.29 is 13.5 Å². The lowest BCUT2D eigenvalue weighted by Crippen LogP contribution is -1.79. The molecule has 1 aromatic carbocycles. The van der Waals surface area contributed by atoms with Crippen LogP contribution in [0, 0.1) is 0 Å². The second-order valence-electron chi connectivity index (χ2n) is 2.50. The Morgan fingerprint density at radius 1 is 1.33 bits per heavy atom. The van der Waals surface area contributed by atoms with Crippen LogP contribution in [-0.2, 0) is 14.7 Å². The summed E-state index contributed by atoms with van der Waals surface area (Å²) >= 11 is 0. The van der Waals surface area contributed by atoms with Crippen molar-refractivity contribution in [2.75, 3.05) is 0 Å². The van der Waals surface area contributed by atoms with Gasteiger partial charge < -0.3 is 5.11 Å². The number of halogens is 2. The van der Waals surface area contributed by atoms with Crippen LogP contribution in [0.3, 0.4) is 0 Å². The summed E-state index contributed by atoms with van der Waals surface area (Å²) < 4.78 is 18.3. The highest BCUT2D eigenvalue weighted by Crippen LogP contribution is 2.15. The van der Waals surface area contributed by atoms with Crippen molar-refractivity contribution in [3.63, 3.8) is 0 Å². The fraction of sp³-hybridized carbons (Fsp3) is 0.111. The third kappa shape index (κ3) is 9.59. The first-order valence-corrected chi connectivity index (χ1v) is 7.00. The second kappa shape index (κ2) is 6.71. The van der Waals surface area contributed by atoms with E-state index in [2.05, 4.69) is 27.9 Å². The molecule has 0 fully saturated rings. The van der Waals surface area contributed by atoms with E-state index in [1.165, 1.54) is 0 Å². The van der Waals surface area contributed by atoms with E-state index in [0.29, 0.717) is 5.75 Å². The minimum Gasteiger partial charge on any atom is -0.508 e. The van der Waals surface area contributed by atoms with Crippen LogP contribution in [-0.4, -0.2) is 13.5 Å². The van der Waals surface area contributed by atoms with Crippen LogP contribution < -0.4 is 0 Å². The number of phenolic OH excluding ortho intramolecular Hbond substituents is 1. The number of benzene rings is 1. The molecule has 0 aliphatic heterocycles. The fourth-order valence-electron chi connectivity index (χ4n) is 0.839. The summed E-state index contributed by atoms with van der Waals surface area (Å²) in [5.74, 6) is 0.349. The van der Waals surface area contributed by atoms with Gasteiger partial charge in [-0.15, -0.1) is 6.58 Å². The van der Waals surface area contributed by atoms with Gasteiger partial charge in [-0.2, -0.15) is 8.42 Å². The molecule has 0 aliphatic carbocycles. The molecule has 0 spiro atoms. The van der Waals surface area contributed by atoms with E-state index >= 15 is 0 Å². The van der Waals surface area contributed by atoms with Gasteiger partial charge in [0.05, 0.1) is 0 Å². The second-order valence-corrected chi connectivity index (χ2v) is 6.17. The van der Waals surface area contributed by atoms with E-state index in [0.717, 1.165) is 12.0 Å². The maximum atomic E-state index is 9.19. The molecule has 15 heavy (non-hydrogen) atoms. The Morgan fingerprint density at radius 2 is 1.80 bits per heavy atom. The van der Waals surface area contributed by atoms with Gasteiger partial charge in [0.25, 0.3) is 0 Å². The summed E-state index contributed by atoms with van der Waals surface area (Å²) in [6.45, 7) is 3.59. The minimum atomic E-state index is -3.72. The van der Waals surface area contributed by atoms with Crippen LogP contribution in [0.4, 0.5) is 0 Å². The normalized spacial score (nSPS) is 10.0. The van der Waals surface area contributed by atoms with Gasteiger partial charge in [-0.1, -0.05) is 24.3 Å². The van der Waals surface area contributed by atoms with Gasteiger partial charge in [0, 0.05) is 21.4 Å². The Hall–Kier alpha value is -0.710. The molecular formula is C9H10Cl2O3S. The zero-order chi connectivity index (χ0) is 11.9. The molecule has 0 saturated heterocycles. The predicted octanol–water partition coefficient (Wildman–Crippen LogP) is 2.83. The van der Waals surface area contributed by atoms with E-state index in [1.54, 1.807) is 12.1 Å². The Morgan fingerprint density at radius 3 is 2.20 bits per heavy atom. The maximum absolute atomic E-state index is 9.19. The van der Waals surface area contributed by atoms with Crippen molar-refractivity contribution in [1.82, 2.24) is 0 Å². The first-order chi connectivity index (χ1) is 6.84. The van der Waals surface area contributed by atoms with Crippen LogP contribution in [0.5, 0.6) is 5.75 Å². The Labute approximate surface area is 97.9 Å². The van der Waals surface area contributed by atoms with Crippen molar-refractivity contribution in [3.05, 3.63) is 42.5 Å². The van der Waals surface area contributed by atoms with Crippen LogP contribution >= 0.6 is 21.4 Å². The van der Waals surface area contributed by atoms with Crippen LogP contribution in [0.25, 0.3) is 0 Å². The molecule has 0 heterocycles. The van der Waals surface area contributed by atoms with Gasteiger partial charge in [-0.05, 0) is 18.1 Å². The molecule has 1 rings (SSSR count). The van der Waals surface area contributed by atoms with Crippen LogP contribution in [0.1, 0.15) is 5.56 Å². The van der Waals surface area contributed by atoms with Gasteiger partial charge in [-0.25, -0.2) is 0 Å². The van der Waals surface area contributed by atoms with Crippen molar-refractivity contribution in [1.29, 1.82) is 0 Å². The summed E-state index contributed by atoms with van der Waals surface area (Å²) in [6.07, 6.45) is 2.50. The molecule has 84 valence electrons. The van der Waals surface area contributed by atoms with Crippen molar-refractivity contribution in [3.8, 4) is 5.75 Å². The van der Waals surface area contributed by atoms with E-state index in [4.69, 9.17) is 8.42 Å². The number of rotatable bonds is 2. The quantitative estimate of drug-likeness (QED) is 0.663. The average Bonchev–Trinajstić information content (AvgIpc) is 2.06. The van der Waals surface area contributed by atoms with Crippen molar-refractivity contribution in [2.45, 2.75) is 6.42 Å². The maximum Gasteiger partial charge on any atom is 0.317 e. The molecule has 0 amide bonds.